The van der Waals surface area contributed by atoms with E-state index in [-0.39, 0.29) is 19.2 Å². The SMILES string of the molecule is COc1ccc(-c2nnc(CN3C[C@@H](F)C[C@H]3CO)o2)cc1. The third kappa shape index (κ3) is 3.10. The van der Waals surface area contributed by atoms with Gasteiger partial charge in [0.15, 0.2) is 0 Å². The lowest BCUT2D eigenvalue weighted by atomic mass is 10.2. The molecule has 0 radical (unpaired) electrons. The zero-order valence-corrected chi connectivity index (χ0v) is 12.3. The van der Waals surface area contributed by atoms with Crippen molar-refractivity contribution >= 4 is 0 Å². The third-order valence-electron chi connectivity index (χ3n) is 3.83. The summed E-state index contributed by atoms with van der Waals surface area (Å²) < 4.78 is 24.1. The van der Waals surface area contributed by atoms with Crippen LogP contribution in [0.4, 0.5) is 4.39 Å². The van der Waals surface area contributed by atoms with Gasteiger partial charge in [-0.2, -0.15) is 0 Å². The van der Waals surface area contributed by atoms with Gasteiger partial charge in [0.1, 0.15) is 11.9 Å². The van der Waals surface area contributed by atoms with Gasteiger partial charge in [0, 0.05) is 18.2 Å². The van der Waals surface area contributed by atoms with Crippen molar-refractivity contribution < 1.29 is 18.7 Å². The van der Waals surface area contributed by atoms with E-state index >= 15 is 0 Å². The summed E-state index contributed by atoms with van der Waals surface area (Å²) in [6, 6.07) is 7.11. The molecule has 3 rings (SSSR count). The number of methoxy groups -OCH3 is 1. The number of hydrogen-bond acceptors (Lipinski definition) is 6. The topological polar surface area (TPSA) is 71.6 Å². The maximum absolute atomic E-state index is 13.4. The quantitative estimate of drug-likeness (QED) is 0.905. The summed E-state index contributed by atoms with van der Waals surface area (Å²) in [7, 11) is 1.60. The van der Waals surface area contributed by atoms with E-state index in [4.69, 9.17) is 9.15 Å². The Morgan fingerprint density at radius 1 is 1.36 bits per heavy atom. The summed E-state index contributed by atoms with van der Waals surface area (Å²) >= 11 is 0. The highest BCUT2D eigenvalue weighted by Crippen LogP contribution is 2.24. The molecule has 1 aromatic heterocycles. The molecule has 0 unspecified atom stereocenters. The minimum Gasteiger partial charge on any atom is -0.497 e. The van der Waals surface area contributed by atoms with Gasteiger partial charge in [-0.3, -0.25) is 4.90 Å². The second-order valence-electron chi connectivity index (χ2n) is 5.33. The Labute approximate surface area is 127 Å². The molecule has 22 heavy (non-hydrogen) atoms. The number of likely N-dealkylation sites (tertiary alicyclic amines) is 1. The molecule has 0 amide bonds. The summed E-state index contributed by atoms with van der Waals surface area (Å²) in [4.78, 5) is 1.83. The summed E-state index contributed by atoms with van der Waals surface area (Å²) in [6.07, 6.45) is -0.572. The first-order valence-electron chi connectivity index (χ1n) is 7.15. The second kappa shape index (κ2) is 6.41. The zero-order chi connectivity index (χ0) is 15.5. The number of aromatic nitrogens is 2. The average molecular weight is 307 g/mol. The molecule has 0 saturated carbocycles. The van der Waals surface area contributed by atoms with Crippen LogP contribution in [0.1, 0.15) is 12.3 Å². The van der Waals surface area contributed by atoms with Gasteiger partial charge >= 0.3 is 0 Å². The lowest BCUT2D eigenvalue weighted by Gasteiger charge is -2.19. The fourth-order valence-electron chi connectivity index (χ4n) is 2.65. The molecule has 7 heteroatoms. The molecule has 1 saturated heterocycles. The number of nitrogens with zero attached hydrogens (tertiary/aromatic N) is 3. The molecule has 6 nitrogen and oxygen atoms in total. The predicted octanol–water partition coefficient (Wildman–Crippen LogP) is 1.65. The van der Waals surface area contributed by atoms with Crippen molar-refractivity contribution in [3.8, 4) is 17.2 Å². The van der Waals surface area contributed by atoms with E-state index in [1.54, 1.807) is 7.11 Å². The highest BCUT2D eigenvalue weighted by Gasteiger charge is 2.32. The van der Waals surface area contributed by atoms with Crippen LogP contribution in [0.5, 0.6) is 5.75 Å². The lowest BCUT2D eigenvalue weighted by Crippen LogP contribution is -2.31. The molecular formula is C15H18FN3O3. The maximum Gasteiger partial charge on any atom is 0.247 e. The number of benzene rings is 1. The Hall–Kier alpha value is -1.99. The molecule has 1 fully saturated rings. The first-order chi connectivity index (χ1) is 10.7. The normalized spacial score (nSPS) is 22.1. The van der Waals surface area contributed by atoms with Gasteiger partial charge in [0.25, 0.3) is 0 Å². The Balaban J connectivity index is 1.70. The van der Waals surface area contributed by atoms with E-state index in [1.165, 1.54) is 0 Å². The zero-order valence-electron chi connectivity index (χ0n) is 12.3. The van der Waals surface area contributed by atoms with Crippen LogP contribution >= 0.6 is 0 Å². The van der Waals surface area contributed by atoms with Crippen LogP contribution in [-0.2, 0) is 6.54 Å². The number of aliphatic hydroxyl groups excluding tert-OH is 1. The van der Waals surface area contributed by atoms with Crippen molar-refractivity contribution in [1.29, 1.82) is 0 Å². The predicted molar refractivity (Wildman–Crippen MR) is 77.1 cm³/mol. The fourth-order valence-corrected chi connectivity index (χ4v) is 2.65. The molecule has 1 aromatic carbocycles. The summed E-state index contributed by atoms with van der Waals surface area (Å²) in [5, 5.41) is 17.3. The molecule has 1 aliphatic rings. The van der Waals surface area contributed by atoms with Crippen LogP contribution in [0, 0.1) is 0 Å². The Bertz CT molecular complexity index is 617. The number of hydrogen-bond donors (Lipinski definition) is 1. The Morgan fingerprint density at radius 2 is 2.14 bits per heavy atom. The number of alkyl halides is 1. The highest BCUT2D eigenvalue weighted by atomic mass is 19.1. The van der Waals surface area contributed by atoms with E-state index in [2.05, 4.69) is 10.2 Å². The van der Waals surface area contributed by atoms with Gasteiger partial charge < -0.3 is 14.3 Å². The fraction of sp³-hybridized carbons (Fsp3) is 0.467. The van der Waals surface area contributed by atoms with Gasteiger partial charge in [-0.25, -0.2) is 4.39 Å². The van der Waals surface area contributed by atoms with Crippen LogP contribution in [-0.4, -0.2) is 52.7 Å². The minimum atomic E-state index is -0.916. The largest absolute Gasteiger partial charge is 0.497 e. The van der Waals surface area contributed by atoms with Gasteiger partial charge in [-0.1, -0.05) is 0 Å². The smallest absolute Gasteiger partial charge is 0.247 e. The minimum absolute atomic E-state index is 0.0695. The molecule has 0 spiro atoms. The molecular weight excluding hydrogens is 289 g/mol. The van der Waals surface area contributed by atoms with Crippen LogP contribution in [0.15, 0.2) is 28.7 Å². The summed E-state index contributed by atoms with van der Waals surface area (Å²) in [6.45, 7) is 0.556. The Morgan fingerprint density at radius 3 is 2.82 bits per heavy atom. The molecule has 1 N–H and O–H groups in total. The highest BCUT2D eigenvalue weighted by molar-refractivity contribution is 5.53. The van der Waals surface area contributed by atoms with Crippen molar-refractivity contribution in [3.63, 3.8) is 0 Å². The molecule has 0 bridgehead atoms. The number of halogens is 1. The maximum atomic E-state index is 13.4. The van der Waals surface area contributed by atoms with Crippen molar-refractivity contribution in [2.24, 2.45) is 0 Å². The standard InChI is InChI=1S/C15H18FN3O3/c1-21-13-4-2-10(3-5-13)15-18-17-14(22-15)8-19-7-11(16)6-12(19)9-20/h2-5,11-12,20H,6-9H2,1H3/t11-,12-/m0/s1. The van der Waals surface area contributed by atoms with Crippen LogP contribution < -0.4 is 4.74 Å². The van der Waals surface area contributed by atoms with Gasteiger partial charge in [0.2, 0.25) is 11.8 Å². The van der Waals surface area contributed by atoms with Crippen molar-refractivity contribution in [2.75, 3.05) is 20.3 Å². The average Bonchev–Trinajstić information content (AvgIpc) is 3.14. The van der Waals surface area contributed by atoms with Crippen molar-refractivity contribution in [1.82, 2.24) is 15.1 Å². The van der Waals surface area contributed by atoms with E-state index in [0.717, 1.165) is 11.3 Å². The van der Waals surface area contributed by atoms with Gasteiger partial charge in [-0.15, -0.1) is 10.2 Å². The van der Waals surface area contributed by atoms with E-state index in [9.17, 15) is 9.50 Å². The first-order valence-corrected chi connectivity index (χ1v) is 7.15. The van der Waals surface area contributed by atoms with Gasteiger partial charge in [0.05, 0.1) is 20.3 Å². The molecule has 118 valence electrons. The number of rotatable bonds is 5. The van der Waals surface area contributed by atoms with Crippen molar-refractivity contribution in [3.05, 3.63) is 30.2 Å². The van der Waals surface area contributed by atoms with Gasteiger partial charge in [-0.05, 0) is 30.7 Å². The summed E-state index contributed by atoms with van der Waals surface area (Å²) in [5.41, 5.74) is 0.794. The molecule has 2 atom stereocenters. The number of ether oxygens (including phenoxy) is 1. The second-order valence-corrected chi connectivity index (χ2v) is 5.33. The molecule has 2 aromatic rings. The Kier molecular flexibility index (Phi) is 4.35. The summed E-state index contributed by atoms with van der Waals surface area (Å²) in [5.74, 6) is 1.58. The molecule has 0 aliphatic carbocycles. The van der Waals surface area contributed by atoms with Crippen LogP contribution in [0.25, 0.3) is 11.5 Å². The number of aliphatic hydroxyl groups is 1. The third-order valence-corrected chi connectivity index (χ3v) is 3.83. The molecule has 2 heterocycles. The van der Waals surface area contributed by atoms with Crippen LogP contribution in [0.2, 0.25) is 0 Å². The lowest BCUT2D eigenvalue weighted by molar-refractivity contribution is 0.144. The van der Waals surface area contributed by atoms with Crippen LogP contribution in [0.3, 0.4) is 0 Å². The van der Waals surface area contributed by atoms with Crippen molar-refractivity contribution in [2.45, 2.75) is 25.2 Å². The van der Waals surface area contributed by atoms with E-state index < -0.39 is 6.17 Å². The van der Waals surface area contributed by atoms with E-state index in [0.29, 0.717) is 24.7 Å². The molecule has 1 aliphatic heterocycles. The van der Waals surface area contributed by atoms with E-state index in [1.807, 2.05) is 29.2 Å². The first kappa shape index (κ1) is 14.9. The monoisotopic (exact) mass is 307 g/mol.